The highest BCUT2D eigenvalue weighted by atomic mass is 127. The molecule has 1 aliphatic heterocycles. The molecule has 60 valence electrons. The maximum atomic E-state index is 11.1. The molecule has 0 saturated carbocycles. The summed E-state index contributed by atoms with van der Waals surface area (Å²) in [4.78, 5) is 0. The van der Waals surface area contributed by atoms with Crippen LogP contribution in [0.25, 0.3) is 0 Å². The summed E-state index contributed by atoms with van der Waals surface area (Å²) >= 11 is 2.22. The van der Waals surface area contributed by atoms with Gasteiger partial charge in [0.05, 0.1) is 5.75 Å². The van der Waals surface area contributed by atoms with Gasteiger partial charge in [-0.3, -0.25) is 0 Å². The lowest BCUT2D eigenvalue weighted by Crippen LogP contribution is -2.29. The van der Waals surface area contributed by atoms with Crippen molar-refractivity contribution in [1.82, 2.24) is 4.31 Å². The van der Waals surface area contributed by atoms with E-state index < -0.39 is 10.0 Å². The summed E-state index contributed by atoms with van der Waals surface area (Å²) < 4.78 is 24.5. The van der Waals surface area contributed by atoms with Crippen LogP contribution in [0.5, 0.6) is 0 Å². The number of hydrogen-bond donors (Lipinski definition) is 0. The fourth-order valence-corrected chi connectivity index (χ4v) is 3.80. The van der Waals surface area contributed by atoms with E-state index in [-0.39, 0.29) is 6.04 Å². The second-order valence-corrected chi connectivity index (χ2v) is 5.46. The van der Waals surface area contributed by atoms with Crippen LogP contribution in [-0.2, 0) is 10.0 Å². The van der Waals surface area contributed by atoms with Crippen LogP contribution in [0, 0.1) is 0 Å². The molecule has 1 aliphatic rings. The van der Waals surface area contributed by atoms with E-state index >= 15 is 0 Å². The summed E-state index contributed by atoms with van der Waals surface area (Å²) in [6.45, 7) is 0. The van der Waals surface area contributed by atoms with E-state index in [1.165, 1.54) is 4.31 Å². The number of sulfonamides is 1. The van der Waals surface area contributed by atoms with Gasteiger partial charge in [-0.2, -0.15) is 0 Å². The lowest BCUT2D eigenvalue weighted by molar-refractivity contribution is 0.430. The average molecular weight is 275 g/mol. The van der Waals surface area contributed by atoms with Crippen LogP contribution < -0.4 is 0 Å². The Balaban J connectivity index is 2.77. The van der Waals surface area contributed by atoms with Crippen LogP contribution in [0.2, 0.25) is 0 Å². The Morgan fingerprint density at radius 3 is 2.50 bits per heavy atom. The van der Waals surface area contributed by atoms with Crippen molar-refractivity contribution in [3.8, 4) is 0 Å². The first-order valence-electron chi connectivity index (χ1n) is 3.09. The molecule has 1 saturated heterocycles. The van der Waals surface area contributed by atoms with Crippen molar-refractivity contribution in [2.75, 3.05) is 17.2 Å². The van der Waals surface area contributed by atoms with Crippen molar-refractivity contribution < 1.29 is 8.42 Å². The van der Waals surface area contributed by atoms with Crippen LogP contribution in [0.1, 0.15) is 6.42 Å². The number of halogens is 1. The number of alkyl halides is 1. The van der Waals surface area contributed by atoms with Crippen LogP contribution in [0.4, 0.5) is 0 Å². The molecule has 1 fully saturated rings. The van der Waals surface area contributed by atoms with Gasteiger partial charge in [0, 0.05) is 17.5 Å². The summed E-state index contributed by atoms with van der Waals surface area (Å²) in [5, 5.41) is 0. The van der Waals surface area contributed by atoms with Crippen LogP contribution in [0.15, 0.2) is 0 Å². The first kappa shape index (κ1) is 8.73. The maximum absolute atomic E-state index is 11.1. The van der Waals surface area contributed by atoms with Gasteiger partial charge in [0.25, 0.3) is 0 Å². The Labute approximate surface area is 75.0 Å². The largest absolute Gasteiger partial charge is 0.214 e. The fraction of sp³-hybridized carbons (Fsp3) is 1.00. The first-order chi connectivity index (χ1) is 4.58. The average Bonchev–Trinajstić information content (AvgIpc) is 2.10. The highest BCUT2D eigenvalue weighted by Crippen LogP contribution is 2.19. The Hall–Kier alpha value is 0.640. The summed E-state index contributed by atoms with van der Waals surface area (Å²) in [7, 11) is -1.20. The van der Waals surface area contributed by atoms with Crippen molar-refractivity contribution in [2.24, 2.45) is 0 Å². The van der Waals surface area contributed by atoms with Crippen LogP contribution in [-0.4, -0.2) is 36.0 Å². The molecule has 1 unspecified atom stereocenters. The van der Waals surface area contributed by atoms with Gasteiger partial charge in [-0.1, -0.05) is 22.6 Å². The Bertz CT molecular complexity index is 214. The zero-order valence-corrected chi connectivity index (χ0v) is 8.72. The summed E-state index contributed by atoms with van der Waals surface area (Å²) in [5.41, 5.74) is 0. The van der Waals surface area contributed by atoms with E-state index in [9.17, 15) is 8.42 Å². The van der Waals surface area contributed by atoms with Gasteiger partial charge in [0.15, 0.2) is 0 Å². The third-order valence-corrected chi connectivity index (χ3v) is 4.78. The van der Waals surface area contributed by atoms with Crippen molar-refractivity contribution in [3.05, 3.63) is 0 Å². The molecule has 0 N–H and O–H groups in total. The molecule has 0 aromatic heterocycles. The molecule has 3 nitrogen and oxygen atoms in total. The molecular formula is C5H10INO2S. The molecule has 0 aromatic carbocycles. The quantitative estimate of drug-likeness (QED) is 0.515. The van der Waals surface area contributed by atoms with E-state index in [0.29, 0.717) is 5.75 Å². The molecule has 0 bridgehead atoms. The van der Waals surface area contributed by atoms with E-state index in [2.05, 4.69) is 22.6 Å². The lowest BCUT2D eigenvalue weighted by Gasteiger charge is -2.14. The molecule has 1 atom stereocenters. The number of nitrogens with zero attached hydrogens (tertiary/aromatic N) is 1. The van der Waals surface area contributed by atoms with Crippen molar-refractivity contribution >= 4 is 32.6 Å². The van der Waals surface area contributed by atoms with Gasteiger partial charge in [0.2, 0.25) is 10.0 Å². The van der Waals surface area contributed by atoms with E-state index in [1.54, 1.807) is 7.05 Å². The lowest BCUT2D eigenvalue weighted by atomic mass is 10.3. The molecule has 0 spiro atoms. The normalized spacial score (nSPS) is 32.8. The topological polar surface area (TPSA) is 37.4 Å². The van der Waals surface area contributed by atoms with Gasteiger partial charge in [-0.15, -0.1) is 0 Å². The SMILES string of the molecule is CN1C(CI)CCS1(=O)=O. The van der Waals surface area contributed by atoms with E-state index in [1.807, 2.05) is 0 Å². The predicted octanol–water partition coefficient (Wildman–Crippen LogP) is 0.455. The molecule has 5 heteroatoms. The molecular weight excluding hydrogens is 265 g/mol. The van der Waals surface area contributed by atoms with E-state index in [0.717, 1.165) is 10.8 Å². The molecule has 0 aromatic rings. The smallest absolute Gasteiger partial charge is 0.212 e. The van der Waals surface area contributed by atoms with E-state index in [4.69, 9.17) is 0 Å². The Morgan fingerprint density at radius 2 is 2.30 bits per heavy atom. The molecule has 1 heterocycles. The Morgan fingerprint density at radius 1 is 1.70 bits per heavy atom. The van der Waals surface area contributed by atoms with Crippen molar-refractivity contribution in [2.45, 2.75) is 12.5 Å². The minimum absolute atomic E-state index is 0.241. The van der Waals surface area contributed by atoms with Gasteiger partial charge in [0.1, 0.15) is 0 Å². The maximum Gasteiger partial charge on any atom is 0.214 e. The molecule has 1 rings (SSSR count). The fourth-order valence-electron chi connectivity index (χ4n) is 1.01. The molecule has 0 radical (unpaired) electrons. The number of rotatable bonds is 1. The molecule has 10 heavy (non-hydrogen) atoms. The van der Waals surface area contributed by atoms with Gasteiger partial charge in [-0.05, 0) is 6.42 Å². The Kier molecular flexibility index (Phi) is 2.57. The minimum atomic E-state index is -2.86. The van der Waals surface area contributed by atoms with Gasteiger partial charge in [-0.25, -0.2) is 12.7 Å². The predicted molar refractivity (Wildman–Crippen MR) is 48.8 cm³/mol. The van der Waals surface area contributed by atoms with Gasteiger partial charge < -0.3 is 0 Å². The summed E-state index contributed by atoms with van der Waals surface area (Å²) in [6, 6.07) is 0.241. The van der Waals surface area contributed by atoms with Crippen LogP contribution in [0.3, 0.4) is 0 Å². The monoisotopic (exact) mass is 275 g/mol. The second kappa shape index (κ2) is 2.94. The minimum Gasteiger partial charge on any atom is -0.212 e. The zero-order valence-electron chi connectivity index (χ0n) is 5.75. The second-order valence-electron chi connectivity index (χ2n) is 2.43. The summed E-state index contributed by atoms with van der Waals surface area (Å²) in [6.07, 6.45) is 0.793. The van der Waals surface area contributed by atoms with Crippen LogP contribution >= 0.6 is 22.6 Å². The highest BCUT2D eigenvalue weighted by molar-refractivity contribution is 14.1. The molecule has 0 amide bonds. The summed E-state index contributed by atoms with van der Waals surface area (Å²) in [5.74, 6) is 0.331. The zero-order chi connectivity index (χ0) is 7.78. The third kappa shape index (κ3) is 1.45. The highest BCUT2D eigenvalue weighted by Gasteiger charge is 2.32. The number of hydrogen-bond acceptors (Lipinski definition) is 2. The molecule has 0 aliphatic carbocycles. The van der Waals surface area contributed by atoms with Crippen molar-refractivity contribution in [1.29, 1.82) is 0 Å². The standard InChI is InChI=1S/C5H10INO2S/c1-7-5(4-6)2-3-10(7,8)9/h5H,2-4H2,1H3. The third-order valence-electron chi connectivity index (χ3n) is 1.84. The first-order valence-corrected chi connectivity index (χ1v) is 6.23. The van der Waals surface area contributed by atoms with Gasteiger partial charge >= 0.3 is 0 Å². The van der Waals surface area contributed by atoms with Crippen molar-refractivity contribution in [3.63, 3.8) is 0 Å².